The van der Waals surface area contributed by atoms with Gasteiger partial charge in [-0.25, -0.2) is 23.7 Å². The van der Waals surface area contributed by atoms with Gasteiger partial charge in [0.05, 0.1) is 11.9 Å². The van der Waals surface area contributed by atoms with Crippen molar-refractivity contribution in [3.05, 3.63) is 111 Å². The number of hydrogen-bond acceptors (Lipinski definition) is 11. The molecular formula is C32H29ClF3N11O3S2. The number of pyridine rings is 1. The maximum atomic E-state index is 14.2. The Morgan fingerprint density at radius 3 is 2.62 bits per heavy atom. The third kappa shape index (κ3) is 6.41. The molecule has 2 N–H and O–H groups in total. The van der Waals surface area contributed by atoms with E-state index in [1.807, 2.05) is 4.90 Å². The molecule has 3 aliphatic rings. The van der Waals surface area contributed by atoms with Crippen LogP contribution in [0.1, 0.15) is 53.8 Å². The standard InChI is InChI=1S/C32H29ClF3N11O3S2/c33-22-15-19(34)4-5-21(22)28-27(23-6-11-46(41-23)31(35)36)24-16-20(17-45(24)29(39-28)30-38-10-14-51-30)42-52(49,50)44-12-7-32(48,8-13-44)25-18-47(43-40-25)26-3-1-2-9-37-26/h1-6,9-11,14-15,18,20,28,31,42,48H,7-8,12-13,16-17H2/t20?,28-/m0/s1. The van der Waals surface area contributed by atoms with Crippen molar-refractivity contribution in [3.8, 4) is 5.82 Å². The second-order valence-corrected chi connectivity index (χ2v) is 15.5. The molecule has 0 saturated carbocycles. The number of benzene rings is 1. The maximum absolute atomic E-state index is 14.2. The van der Waals surface area contributed by atoms with Crippen molar-refractivity contribution in [2.75, 3.05) is 19.6 Å². The molecule has 0 spiro atoms. The highest BCUT2D eigenvalue weighted by Gasteiger charge is 2.44. The molecule has 8 rings (SSSR count). The van der Waals surface area contributed by atoms with Gasteiger partial charge in [-0.1, -0.05) is 28.9 Å². The van der Waals surface area contributed by atoms with Gasteiger partial charge in [-0.2, -0.15) is 31.3 Å². The lowest BCUT2D eigenvalue weighted by molar-refractivity contribution is -0.0137. The molecule has 0 bridgehead atoms. The summed E-state index contributed by atoms with van der Waals surface area (Å²) < 4.78 is 75.3. The van der Waals surface area contributed by atoms with Crippen LogP contribution in [0, 0.1) is 5.82 Å². The van der Waals surface area contributed by atoms with Crippen molar-refractivity contribution < 1.29 is 26.7 Å². The fourth-order valence-electron chi connectivity index (χ4n) is 6.75. The molecule has 4 aromatic heterocycles. The minimum atomic E-state index is -4.08. The molecule has 0 aliphatic carbocycles. The molecule has 7 heterocycles. The minimum Gasteiger partial charge on any atom is -0.383 e. The Balaban J connectivity index is 1.08. The zero-order valence-corrected chi connectivity index (χ0v) is 29.4. The van der Waals surface area contributed by atoms with Crippen LogP contribution in [-0.2, 0) is 15.8 Å². The topological polar surface area (TPSA) is 160 Å². The van der Waals surface area contributed by atoms with Gasteiger partial charge >= 0.3 is 6.55 Å². The molecule has 0 amide bonds. The van der Waals surface area contributed by atoms with Gasteiger partial charge in [0.25, 0.3) is 10.2 Å². The van der Waals surface area contributed by atoms with Gasteiger partial charge in [0.15, 0.2) is 16.7 Å². The fraction of sp³-hybridized carbons (Fsp3) is 0.312. The maximum Gasteiger partial charge on any atom is 0.333 e. The van der Waals surface area contributed by atoms with Gasteiger partial charge < -0.3 is 10.0 Å². The number of hydrogen-bond donors (Lipinski definition) is 2. The van der Waals surface area contributed by atoms with Crippen molar-refractivity contribution in [1.29, 1.82) is 0 Å². The Labute approximate surface area is 304 Å². The number of piperidine rings is 1. The monoisotopic (exact) mass is 771 g/mol. The number of alkyl halides is 2. The second-order valence-electron chi connectivity index (χ2n) is 12.5. The molecule has 3 aliphatic heterocycles. The Morgan fingerprint density at radius 2 is 1.92 bits per heavy atom. The van der Waals surface area contributed by atoms with Crippen LogP contribution >= 0.6 is 22.9 Å². The number of amidine groups is 1. The fourth-order valence-corrected chi connectivity index (χ4v) is 9.05. The Hall–Kier alpha value is -4.53. The summed E-state index contributed by atoms with van der Waals surface area (Å²) in [7, 11) is -4.08. The largest absolute Gasteiger partial charge is 0.383 e. The predicted octanol–water partition coefficient (Wildman–Crippen LogP) is 4.31. The molecule has 14 nitrogen and oxygen atoms in total. The van der Waals surface area contributed by atoms with Crippen LogP contribution < -0.4 is 4.72 Å². The third-order valence-electron chi connectivity index (χ3n) is 9.28. The van der Waals surface area contributed by atoms with E-state index in [2.05, 4.69) is 30.1 Å². The number of nitrogens with zero attached hydrogens (tertiary/aromatic N) is 10. The summed E-state index contributed by atoms with van der Waals surface area (Å²) in [6.45, 7) is -2.74. The van der Waals surface area contributed by atoms with Crippen molar-refractivity contribution in [2.24, 2.45) is 4.99 Å². The zero-order chi connectivity index (χ0) is 36.2. The molecule has 270 valence electrons. The zero-order valence-electron chi connectivity index (χ0n) is 27.0. The van der Waals surface area contributed by atoms with Crippen LogP contribution in [0.2, 0.25) is 5.02 Å². The molecule has 20 heteroatoms. The number of aliphatic hydroxyl groups is 1. The average Bonchev–Trinajstić information content (AvgIpc) is 3.96. The van der Waals surface area contributed by atoms with Crippen LogP contribution in [-0.4, -0.2) is 89.0 Å². The summed E-state index contributed by atoms with van der Waals surface area (Å²) in [4.78, 5) is 15.5. The van der Waals surface area contributed by atoms with Gasteiger partial charge in [-0.15, -0.1) is 16.4 Å². The van der Waals surface area contributed by atoms with Gasteiger partial charge in [-0.05, 0) is 43.2 Å². The highest BCUT2D eigenvalue weighted by molar-refractivity contribution is 7.87. The second kappa shape index (κ2) is 13.5. The number of thiazole rings is 1. The van der Waals surface area contributed by atoms with Gasteiger partial charge in [0, 0.05) is 77.9 Å². The molecule has 5 aromatic rings. The van der Waals surface area contributed by atoms with E-state index in [-0.39, 0.29) is 49.6 Å². The SMILES string of the molecule is O=S(=O)(NC1CC2=C(c3ccn(C(F)F)n3)[C@H](c3ccc(F)cc3Cl)N=C(c3nccs3)N2C1)N1CCC(O)(c2cn(-c3ccccn3)nn2)CC1. The van der Waals surface area contributed by atoms with E-state index >= 15 is 0 Å². The Bertz CT molecular complexity index is 2280. The summed E-state index contributed by atoms with van der Waals surface area (Å²) in [5.74, 6) is 0.391. The van der Waals surface area contributed by atoms with E-state index in [0.717, 1.165) is 12.3 Å². The van der Waals surface area contributed by atoms with Crippen molar-refractivity contribution in [1.82, 2.24) is 48.7 Å². The average molecular weight is 772 g/mol. The number of rotatable bonds is 9. The molecule has 2 saturated heterocycles. The first-order valence-electron chi connectivity index (χ1n) is 16.1. The number of halogens is 4. The van der Waals surface area contributed by atoms with E-state index in [0.29, 0.717) is 43.9 Å². The first-order valence-corrected chi connectivity index (χ1v) is 18.8. The molecular weight excluding hydrogens is 743 g/mol. The van der Waals surface area contributed by atoms with Crippen molar-refractivity contribution >= 4 is 44.6 Å². The van der Waals surface area contributed by atoms with Crippen LogP contribution in [0.4, 0.5) is 13.2 Å². The van der Waals surface area contributed by atoms with Crippen LogP contribution in [0.15, 0.2) is 83.3 Å². The van der Waals surface area contributed by atoms with E-state index in [4.69, 9.17) is 16.6 Å². The smallest absolute Gasteiger partial charge is 0.333 e. The lowest BCUT2D eigenvalue weighted by Crippen LogP contribution is -2.51. The molecule has 2 atom stereocenters. The van der Waals surface area contributed by atoms with E-state index in [9.17, 15) is 26.7 Å². The van der Waals surface area contributed by atoms with Crippen LogP contribution in [0.3, 0.4) is 0 Å². The molecule has 1 unspecified atom stereocenters. The lowest BCUT2D eigenvalue weighted by Gasteiger charge is -2.36. The Morgan fingerprint density at radius 1 is 1.10 bits per heavy atom. The lowest BCUT2D eigenvalue weighted by atomic mass is 9.89. The van der Waals surface area contributed by atoms with Gasteiger partial charge in [-0.3, -0.25) is 4.99 Å². The molecule has 0 radical (unpaired) electrons. The predicted molar refractivity (Wildman–Crippen MR) is 184 cm³/mol. The Kier molecular flexibility index (Phi) is 8.95. The first kappa shape index (κ1) is 34.6. The van der Waals surface area contributed by atoms with E-state index in [1.165, 1.54) is 38.5 Å². The number of fused-ring (bicyclic) bond motifs is 1. The van der Waals surface area contributed by atoms with E-state index < -0.39 is 40.3 Å². The quantitative estimate of drug-likeness (QED) is 0.223. The summed E-state index contributed by atoms with van der Waals surface area (Å²) in [5.41, 5.74) is 0.527. The molecule has 52 heavy (non-hydrogen) atoms. The summed E-state index contributed by atoms with van der Waals surface area (Å²) in [6.07, 6.45) is 6.25. The number of nitrogens with one attached hydrogen (secondary N) is 1. The van der Waals surface area contributed by atoms with Crippen LogP contribution in [0.25, 0.3) is 11.4 Å². The summed E-state index contributed by atoms with van der Waals surface area (Å²) >= 11 is 7.87. The van der Waals surface area contributed by atoms with Crippen molar-refractivity contribution in [3.63, 3.8) is 0 Å². The van der Waals surface area contributed by atoms with Crippen LogP contribution in [0.5, 0.6) is 0 Å². The van der Waals surface area contributed by atoms with Crippen molar-refractivity contribution in [2.45, 2.75) is 43.5 Å². The highest BCUT2D eigenvalue weighted by Crippen LogP contribution is 2.46. The van der Waals surface area contributed by atoms with Gasteiger partial charge in [0.1, 0.15) is 23.2 Å². The number of aliphatic imine (C=N–C) groups is 1. The van der Waals surface area contributed by atoms with Gasteiger partial charge in [0.2, 0.25) is 0 Å². The normalized spacial score (nSPS) is 20.8. The highest BCUT2D eigenvalue weighted by atomic mass is 35.5. The summed E-state index contributed by atoms with van der Waals surface area (Å²) in [6, 6.07) is 9.04. The first-order chi connectivity index (χ1) is 25.0. The minimum absolute atomic E-state index is 0.00862. The molecule has 2 fully saturated rings. The van der Waals surface area contributed by atoms with E-state index in [1.54, 1.807) is 42.2 Å². The molecule has 1 aromatic carbocycles. The third-order valence-corrected chi connectivity index (χ3v) is 12.1. The number of aromatic nitrogens is 7. The summed E-state index contributed by atoms with van der Waals surface area (Å²) in [5, 5.41) is 26.2.